The Hall–Kier alpha value is -2.76. The van der Waals surface area contributed by atoms with E-state index in [1.54, 1.807) is 49.6 Å². The average Bonchev–Trinajstić information content (AvgIpc) is 3.19. The lowest BCUT2D eigenvalue weighted by molar-refractivity contribution is -0.156. The van der Waals surface area contributed by atoms with E-state index in [-0.39, 0.29) is 22.9 Å². The number of rotatable bonds is 5. The molecular weight excluding hydrogens is 480 g/mol. The van der Waals surface area contributed by atoms with Gasteiger partial charge in [0.1, 0.15) is 0 Å². The Morgan fingerprint density at radius 3 is 2.35 bits per heavy atom. The van der Waals surface area contributed by atoms with Crippen LogP contribution >= 0.6 is 11.6 Å². The van der Waals surface area contributed by atoms with E-state index in [1.165, 1.54) is 10.6 Å². The topological polar surface area (TPSA) is 111 Å². The molecule has 1 fully saturated rings. The second-order valence-corrected chi connectivity index (χ2v) is 11.5. The number of fused-ring (bicyclic) bond motifs is 1. The van der Waals surface area contributed by atoms with Crippen LogP contribution in [0.2, 0.25) is 5.28 Å². The molecule has 0 N–H and O–H groups in total. The summed E-state index contributed by atoms with van der Waals surface area (Å²) in [6.07, 6.45) is 1.52. The summed E-state index contributed by atoms with van der Waals surface area (Å²) in [5, 5.41) is 0.0288. The zero-order valence-corrected chi connectivity index (χ0v) is 21.1. The first-order valence-electron chi connectivity index (χ1n) is 10.8. The highest BCUT2D eigenvalue weighted by molar-refractivity contribution is 7.89. The van der Waals surface area contributed by atoms with Gasteiger partial charge in [-0.15, -0.1) is 0 Å². The summed E-state index contributed by atoms with van der Waals surface area (Å²) in [6.45, 7) is 8.61. The number of nitrogens with zero attached hydrogens (tertiary/aromatic N) is 6. The van der Waals surface area contributed by atoms with Crippen molar-refractivity contribution in [3.8, 4) is 0 Å². The third-order valence-corrected chi connectivity index (χ3v) is 7.64. The van der Waals surface area contributed by atoms with Crippen molar-refractivity contribution in [1.29, 1.82) is 0 Å². The van der Waals surface area contributed by atoms with E-state index < -0.39 is 15.4 Å². The molecule has 0 bridgehead atoms. The molecule has 2 aromatic heterocycles. The minimum Gasteiger partial charge on any atom is -0.443 e. The van der Waals surface area contributed by atoms with E-state index in [4.69, 9.17) is 16.3 Å². The summed E-state index contributed by atoms with van der Waals surface area (Å²) in [5.41, 5.74) is 1.31. The van der Waals surface area contributed by atoms with Crippen molar-refractivity contribution in [1.82, 2.24) is 23.8 Å². The lowest BCUT2D eigenvalue weighted by Crippen LogP contribution is -2.49. The number of hydrogen-bond acceptors (Lipinski definition) is 8. The highest BCUT2D eigenvalue weighted by atomic mass is 35.5. The molecule has 0 aliphatic carbocycles. The molecule has 4 rings (SSSR count). The van der Waals surface area contributed by atoms with Gasteiger partial charge in [-0.3, -0.25) is 9.36 Å². The molecule has 34 heavy (non-hydrogen) atoms. The molecule has 3 heterocycles. The second-order valence-electron chi connectivity index (χ2n) is 9.22. The quantitative estimate of drug-likeness (QED) is 0.383. The van der Waals surface area contributed by atoms with Gasteiger partial charge in [-0.2, -0.15) is 14.3 Å². The molecule has 0 unspecified atom stereocenters. The first-order chi connectivity index (χ1) is 16.0. The molecule has 0 saturated carbocycles. The highest BCUT2D eigenvalue weighted by Gasteiger charge is 2.30. The third kappa shape index (κ3) is 4.86. The largest absolute Gasteiger partial charge is 0.443 e. The van der Waals surface area contributed by atoms with Gasteiger partial charge in [-0.1, -0.05) is 17.7 Å². The molecule has 182 valence electrons. The Morgan fingerprint density at radius 1 is 1.09 bits per heavy atom. The standard InChI is InChI=1S/C22H27ClN6O4S/c1-15-5-7-16(8-6-15)34(31,32)29-11-9-27(10-12-29)18-17-19(26-21(23)25-18)28(13-24-17)14-33-20(30)22(2,3)4/h5-8,13H,9-12,14H2,1-4H3. The summed E-state index contributed by atoms with van der Waals surface area (Å²) < 4.78 is 34.5. The second kappa shape index (κ2) is 9.12. The number of aromatic nitrogens is 4. The Balaban J connectivity index is 1.52. The summed E-state index contributed by atoms with van der Waals surface area (Å²) in [4.78, 5) is 27.4. The molecule has 1 aromatic carbocycles. The van der Waals surface area contributed by atoms with E-state index in [2.05, 4.69) is 15.0 Å². The summed E-state index contributed by atoms with van der Waals surface area (Å²) in [5.74, 6) is 0.170. The normalized spacial score (nSPS) is 15.6. The van der Waals surface area contributed by atoms with Crippen LogP contribution in [0, 0.1) is 12.3 Å². The SMILES string of the molecule is Cc1ccc(S(=O)(=O)N2CCN(c3nc(Cl)nc4c3ncn4COC(=O)C(C)(C)C)CC2)cc1. The predicted octanol–water partition coefficient (Wildman–Crippen LogP) is 2.85. The van der Waals surface area contributed by atoms with Gasteiger partial charge in [0.2, 0.25) is 15.3 Å². The Labute approximate surface area is 203 Å². The van der Waals surface area contributed by atoms with Crippen LogP contribution in [0.5, 0.6) is 0 Å². The average molecular weight is 507 g/mol. The van der Waals surface area contributed by atoms with Gasteiger partial charge >= 0.3 is 5.97 Å². The van der Waals surface area contributed by atoms with Gasteiger partial charge in [0, 0.05) is 26.2 Å². The summed E-state index contributed by atoms with van der Waals surface area (Å²) in [6, 6.07) is 6.84. The Kier molecular flexibility index (Phi) is 6.54. The van der Waals surface area contributed by atoms with E-state index >= 15 is 0 Å². The Morgan fingerprint density at radius 2 is 1.74 bits per heavy atom. The van der Waals surface area contributed by atoms with Crippen LogP contribution in [0.4, 0.5) is 5.82 Å². The summed E-state index contributed by atoms with van der Waals surface area (Å²) in [7, 11) is -3.58. The molecule has 0 spiro atoms. The number of esters is 1. The number of aryl methyl sites for hydroxylation is 1. The van der Waals surface area contributed by atoms with Crippen LogP contribution in [0.25, 0.3) is 11.2 Å². The van der Waals surface area contributed by atoms with Gasteiger partial charge < -0.3 is 9.64 Å². The number of ether oxygens (including phenoxy) is 1. The van der Waals surface area contributed by atoms with E-state index in [0.717, 1.165) is 5.56 Å². The van der Waals surface area contributed by atoms with Crippen LogP contribution in [-0.4, -0.2) is 64.4 Å². The van der Waals surface area contributed by atoms with Gasteiger partial charge in [-0.25, -0.2) is 13.4 Å². The minimum atomic E-state index is -3.58. The van der Waals surface area contributed by atoms with Crippen LogP contribution in [-0.2, 0) is 26.3 Å². The molecule has 1 saturated heterocycles. The van der Waals surface area contributed by atoms with Crippen molar-refractivity contribution < 1.29 is 17.9 Å². The lowest BCUT2D eigenvalue weighted by Gasteiger charge is -2.34. The van der Waals surface area contributed by atoms with Crippen molar-refractivity contribution in [3.63, 3.8) is 0 Å². The molecule has 0 radical (unpaired) electrons. The van der Waals surface area contributed by atoms with Crippen molar-refractivity contribution in [2.24, 2.45) is 5.41 Å². The fourth-order valence-electron chi connectivity index (χ4n) is 3.56. The predicted molar refractivity (Wildman–Crippen MR) is 128 cm³/mol. The number of benzene rings is 1. The maximum Gasteiger partial charge on any atom is 0.312 e. The van der Waals surface area contributed by atoms with Crippen molar-refractivity contribution >= 4 is 44.6 Å². The number of imidazole rings is 1. The summed E-state index contributed by atoms with van der Waals surface area (Å²) >= 11 is 6.20. The minimum absolute atomic E-state index is 0.0288. The molecule has 0 amide bonds. The van der Waals surface area contributed by atoms with Crippen LogP contribution in [0.3, 0.4) is 0 Å². The Bertz CT molecular complexity index is 1310. The van der Waals surface area contributed by atoms with Crippen molar-refractivity contribution in [2.45, 2.75) is 39.3 Å². The number of sulfonamides is 1. The fraction of sp³-hybridized carbons (Fsp3) is 0.455. The van der Waals surface area contributed by atoms with Crippen molar-refractivity contribution in [2.75, 3.05) is 31.1 Å². The number of piperazine rings is 1. The maximum atomic E-state index is 13.0. The molecular formula is C22H27ClN6O4S. The number of halogens is 1. The number of carbonyl (C=O) groups is 1. The maximum absolute atomic E-state index is 13.0. The van der Waals surface area contributed by atoms with E-state index in [0.29, 0.717) is 43.2 Å². The monoisotopic (exact) mass is 506 g/mol. The molecule has 1 aliphatic rings. The van der Waals surface area contributed by atoms with Gasteiger partial charge in [0.25, 0.3) is 0 Å². The lowest BCUT2D eigenvalue weighted by atomic mass is 9.98. The number of carbonyl (C=O) groups excluding carboxylic acids is 1. The van der Waals surface area contributed by atoms with Gasteiger partial charge in [0.15, 0.2) is 23.7 Å². The van der Waals surface area contributed by atoms with Gasteiger partial charge in [-0.05, 0) is 51.4 Å². The number of anilines is 1. The highest BCUT2D eigenvalue weighted by Crippen LogP contribution is 2.27. The van der Waals surface area contributed by atoms with Gasteiger partial charge in [0.05, 0.1) is 16.6 Å². The third-order valence-electron chi connectivity index (χ3n) is 5.56. The zero-order valence-electron chi connectivity index (χ0n) is 19.5. The van der Waals surface area contributed by atoms with Crippen LogP contribution < -0.4 is 4.90 Å². The van der Waals surface area contributed by atoms with E-state index in [1.807, 2.05) is 11.8 Å². The molecule has 1 aliphatic heterocycles. The fourth-order valence-corrected chi connectivity index (χ4v) is 5.14. The van der Waals surface area contributed by atoms with Crippen molar-refractivity contribution in [3.05, 3.63) is 41.4 Å². The first-order valence-corrected chi connectivity index (χ1v) is 12.7. The molecule has 0 atom stereocenters. The van der Waals surface area contributed by atoms with E-state index in [9.17, 15) is 13.2 Å². The molecule has 10 nitrogen and oxygen atoms in total. The zero-order chi connectivity index (χ0) is 24.7. The van der Waals surface area contributed by atoms with Crippen LogP contribution in [0.15, 0.2) is 35.5 Å². The molecule has 12 heteroatoms. The smallest absolute Gasteiger partial charge is 0.312 e. The number of hydrogen-bond donors (Lipinski definition) is 0. The molecule has 3 aromatic rings. The first kappa shape index (κ1) is 24.4. The van der Waals surface area contributed by atoms with Crippen LogP contribution in [0.1, 0.15) is 26.3 Å².